The average Bonchev–Trinajstić information content (AvgIpc) is 2.28. The molecular formula is C12H22O4. The molecule has 4 nitrogen and oxygen atoms in total. The zero-order valence-corrected chi connectivity index (χ0v) is 10.4. The highest BCUT2D eigenvalue weighted by molar-refractivity contribution is 5.81. The minimum Gasteiger partial charge on any atom is -0.463 e. The largest absolute Gasteiger partial charge is 0.463 e. The third-order valence-electron chi connectivity index (χ3n) is 2.18. The number of carbonyl (C=O) groups excluding carboxylic acids is 1. The molecular weight excluding hydrogens is 208 g/mol. The minimum atomic E-state index is -0.290. The first-order valence-electron chi connectivity index (χ1n) is 5.57. The van der Waals surface area contributed by atoms with Gasteiger partial charge in [-0.2, -0.15) is 0 Å². The van der Waals surface area contributed by atoms with E-state index in [1.54, 1.807) is 21.1 Å². The Kier molecular flexibility index (Phi) is 10.1. The zero-order chi connectivity index (χ0) is 12.2. The number of allylic oxidation sites excluding steroid dienone is 1. The molecule has 0 aromatic carbocycles. The number of carbonyl (C=O) groups is 1. The van der Waals surface area contributed by atoms with Gasteiger partial charge < -0.3 is 14.2 Å². The van der Waals surface area contributed by atoms with E-state index in [0.717, 1.165) is 12.8 Å². The summed E-state index contributed by atoms with van der Waals surface area (Å²) in [5.74, 6) is 0.00615. The molecule has 0 spiro atoms. The van der Waals surface area contributed by atoms with Crippen molar-refractivity contribution in [1.82, 2.24) is 0 Å². The lowest BCUT2D eigenvalue weighted by Gasteiger charge is -2.11. The van der Waals surface area contributed by atoms with E-state index in [9.17, 15) is 4.79 Å². The van der Waals surface area contributed by atoms with Crippen LogP contribution in [0.4, 0.5) is 0 Å². The van der Waals surface area contributed by atoms with E-state index in [4.69, 9.17) is 14.2 Å². The van der Waals surface area contributed by atoms with Crippen LogP contribution >= 0.6 is 0 Å². The molecule has 0 aromatic heterocycles. The van der Waals surface area contributed by atoms with Gasteiger partial charge in [-0.1, -0.05) is 6.08 Å². The maximum atomic E-state index is 11.1. The highest BCUT2D eigenvalue weighted by atomic mass is 16.5. The number of methoxy groups -OCH3 is 2. The van der Waals surface area contributed by atoms with Gasteiger partial charge in [-0.15, -0.1) is 0 Å². The van der Waals surface area contributed by atoms with Crippen molar-refractivity contribution in [3.8, 4) is 0 Å². The van der Waals surface area contributed by atoms with E-state index < -0.39 is 0 Å². The van der Waals surface area contributed by atoms with Crippen LogP contribution in [0.2, 0.25) is 0 Å². The van der Waals surface area contributed by atoms with Crippen molar-refractivity contribution in [2.45, 2.75) is 19.8 Å². The van der Waals surface area contributed by atoms with Gasteiger partial charge in [-0.3, -0.25) is 0 Å². The Morgan fingerprint density at radius 3 is 2.19 bits per heavy atom. The molecule has 0 fully saturated rings. The van der Waals surface area contributed by atoms with Crippen molar-refractivity contribution in [1.29, 1.82) is 0 Å². The Labute approximate surface area is 97.6 Å². The van der Waals surface area contributed by atoms with Crippen LogP contribution in [0.5, 0.6) is 0 Å². The Bertz CT molecular complexity index is 193. The van der Waals surface area contributed by atoms with Crippen molar-refractivity contribution < 1.29 is 19.0 Å². The Hall–Kier alpha value is -0.870. The van der Waals surface area contributed by atoms with E-state index in [1.807, 2.05) is 6.08 Å². The van der Waals surface area contributed by atoms with Crippen LogP contribution in [0, 0.1) is 5.92 Å². The summed E-state index contributed by atoms with van der Waals surface area (Å²) in [6.45, 7) is 3.56. The van der Waals surface area contributed by atoms with E-state index in [0.29, 0.717) is 25.7 Å². The van der Waals surface area contributed by atoms with E-state index >= 15 is 0 Å². The standard InChI is InChI=1S/C12H22O4/c1-4-16-12(13)6-5-11(7-9-14-2)8-10-15-3/h5-6,11H,4,7-10H2,1-3H3/b6-5+. The quantitative estimate of drug-likeness (QED) is 0.447. The molecule has 0 aliphatic carbocycles. The molecule has 0 unspecified atom stereocenters. The molecule has 0 heterocycles. The molecule has 0 aliphatic rings. The fraction of sp³-hybridized carbons (Fsp3) is 0.750. The van der Waals surface area contributed by atoms with Crippen LogP contribution in [0.15, 0.2) is 12.2 Å². The van der Waals surface area contributed by atoms with Gasteiger partial charge in [0.1, 0.15) is 0 Å². The highest BCUT2D eigenvalue weighted by Crippen LogP contribution is 2.10. The second-order valence-corrected chi connectivity index (χ2v) is 3.43. The van der Waals surface area contributed by atoms with Crippen LogP contribution in [-0.4, -0.2) is 40.0 Å². The van der Waals surface area contributed by atoms with Gasteiger partial charge >= 0.3 is 5.97 Å². The maximum absolute atomic E-state index is 11.1. The minimum absolute atomic E-state index is 0.290. The van der Waals surface area contributed by atoms with Crippen molar-refractivity contribution >= 4 is 5.97 Å². The molecule has 0 N–H and O–H groups in total. The van der Waals surface area contributed by atoms with Gasteiger partial charge in [0.15, 0.2) is 0 Å². The lowest BCUT2D eigenvalue weighted by molar-refractivity contribution is -0.137. The average molecular weight is 230 g/mol. The molecule has 0 amide bonds. The molecule has 0 radical (unpaired) electrons. The predicted molar refractivity (Wildman–Crippen MR) is 62.2 cm³/mol. The first-order chi connectivity index (χ1) is 7.74. The van der Waals surface area contributed by atoms with Crippen LogP contribution in [0.25, 0.3) is 0 Å². The Morgan fingerprint density at radius 2 is 1.75 bits per heavy atom. The van der Waals surface area contributed by atoms with Crippen molar-refractivity contribution in [3.63, 3.8) is 0 Å². The molecule has 4 heteroatoms. The summed E-state index contributed by atoms with van der Waals surface area (Å²) in [7, 11) is 3.34. The Balaban J connectivity index is 4.01. The monoisotopic (exact) mass is 230 g/mol. The molecule has 0 bridgehead atoms. The van der Waals surface area contributed by atoms with Gasteiger partial charge in [-0.25, -0.2) is 4.79 Å². The molecule has 0 rings (SSSR count). The lowest BCUT2D eigenvalue weighted by atomic mass is 10.0. The number of ether oxygens (including phenoxy) is 3. The van der Waals surface area contributed by atoms with E-state index in [1.165, 1.54) is 6.08 Å². The van der Waals surface area contributed by atoms with Gasteiger partial charge in [0, 0.05) is 33.5 Å². The fourth-order valence-corrected chi connectivity index (χ4v) is 1.28. The molecule has 0 aliphatic heterocycles. The molecule has 0 aromatic rings. The second kappa shape index (κ2) is 10.6. The third kappa shape index (κ3) is 8.44. The fourth-order valence-electron chi connectivity index (χ4n) is 1.28. The molecule has 16 heavy (non-hydrogen) atoms. The van der Waals surface area contributed by atoms with Gasteiger partial charge in [-0.05, 0) is 25.7 Å². The third-order valence-corrected chi connectivity index (χ3v) is 2.18. The smallest absolute Gasteiger partial charge is 0.330 e. The van der Waals surface area contributed by atoms with Crippen LogP contribution in [0.1, 0.15) is 19.8 Å². The first kappa shape index (κ1) is 15.1. The highest BCUT2D eigenvalue weighted by Gasteiger charge is 2.05. The van der Waals surface area contributed by atoms with Crippen molar-refractivity contribution in [2.75, 3.05) is 34.0 Å². The lowest BCUT2D eigenvalue weighted by Crippen LogP contribution is -2.07. The second-order valence-electron chi connectivity index (χ2n) is 3.43. The molecule has 0 atom stereocenters. The van der Waals surface area contributed by atoms with E-state index in [2.05, 4.69) is 0 Å². The van der Waals surface area contributed by atoms with Crippen molar-refractivity contribution in [2.24, 2.45) is 5.92 Å². The predicted octanol–water partition coefficient (Wildman–Crippen LogP) is 1.79. The number of esters is 1. The molecule has 0 saturated heterocycles. The number of hydrogen-bond donors (Lipinski definition) is 0. The van der Waals surface area contributed by atoms with Crippen molar-refractivity contribution in [3.05, 3.63) is 12.2 Å². The summed E-state index contributed by atoms with van der Waals surface area (Å²) in [6.07, 6.45) is 5.13. The summed E-state index contributed by atoms with van der Waals surface area (Å²) in [6, 6.07) is 0. The van der Waals surface area contributed by atoms with Gasteiger partial charge in [0.25, 0.3) is 0 Å². The topological polar surface area (TPSA) is 44.8 Å². The van der Waals surface area contributed by atoms with Gasteiger partial charge in [0.05, 0.1) is 6.61 Å². The van der Waals surface area contributed by atoms with Crippen LogP contribution < -0.4 is 0 Å². The summed E-state index contributed by atoms with van der Waals surface area (Å²) in [5.41, 5.74) is 0. The first-order valence-corrected chi connectivity index (χ1v) is 5.57. The summed E-state index contributed by atoms with van der Waals surface area (Å²) in [5, 5.41) is 0. The molecule has 94 valence electrons. The normalized spacial score (nSPS) is 11.2. The molecule has 0 saturated carbocycles. The summed E-state index contributed by atoms with van der Waals surface area (Å²) < 4.78 is 14.8. The van der Waals surface area contributed by atoms with Gasteiger partial charge in [0.2, 0.25) is 0 Å². The Morgan fingerprint density at radius 1 is 1.19 bits per heavy atom. The summed E-state index contributed by atoms with van der Waals surface area (Å²) >= 11 is 0. The maximum Gasteiger partial charge on any atom is 0.330 e. The number of hydrogen-bond acceptors (Lipinski definition) is 4. The number of rotatable bonds is 9. The zero-order valence-electron chi connectivity index (χ0n) is 10.4. The van der Waals surface area contributed by atoms with Crippen LogP contribution in [0.3, 0.4) is 0 Å². The SMILES string of the molecule is CCOC(=O)/C=C/C(CCOC)CCOC. The van der Waals surface area contributed by atoms with E-state index in [-0.39, 0.29) is 5.97 Å². The van der Waals surface area contributed by atoms with Crippen LogP contribution in [-0.2, 0) is 19.0 Å². The summed E-state index contributed by atoms with van der Waals surface area (Å²) in [4.78, 5) is 11.1.